The van der Waals surface area contributed by atoms with Gasteiger partial charge in [0.15, 0.2) is 5.96 Å². The average Bonchev–Trinajstić information content (AvgIpc) is 2.45. The molecule has 0 bridgehead atoms. The van der Waals surface area contributed by atoms with E-state index in [2.05, 4.69) is 22.5 Å². The van der Waals surface area contributed by atoms with E-state index >= 15 is 0 Å². The van der Waals surface area contributed by atoms with E-state index in [4.69, 9.17) is 4.74 Å². The number of hydrogen-bond donors (Lipinski definition) is 2. The van der Waals surface area contributed by atoms with Crippen LogP contribution in [0.25, 0.3) is 0 Å². The predicted octanol–water partition coefficient (Wildman–Crippen LogP) is 2.84. The number of aliphatic imine (C=N–C) groups is 1. The van der Waals surface area contributed by atoms with Crippen molar-refractivity contribution in [2.75, 3.05) is 19.7 Å². The van der Waals surface area contributed by atoms with Gasteiger partial charge < -0.3 is 15.4 Å². The van der Waals surface area contributed by atoms with E-state index in [1.54, 1.807) is 0 Å². The SMILES string of the molecule is CCNC(=NCCCC(=O)OCC)NC1CCCCC1.I. The molecule has 1 aliphatic carbocycles. The highest BCUT2D eigenvalue weighted by molar-refractivity contribution is 14.0. The topological polar surface area (TPSA) is 62.7 Å². The lowest BCUT2D eigenvalue weighted by Gasteiger charge is -2.24. The molecule has 0 radical (unpaired) electrons. The Morgan fingerprint density at radius 1 is 1.24 bits per heavy atom. The molecule has 1 fully saturated rings. The number of hydrogen-bond acceptors (Lipinski definition) is 3. The Labute approximate surface area is 145 Å². The van der Waals surface area contributed by atoms with E-state index in [9.17, 15) is 4.79 Å². The molecule has 0 spiro atoms. The summed E-state index contributed by atoms with van der Waals surface area (Å²) in [5.74, 6) is 0.746. The molecule has 0 unspecified atom stereocenters. The van der Waals surface area contributed by atoms with Crippen LogP contribution in [0.3, 0.4) is 0 Å². The number of esters is 1. The maximum absolute atomic E-state index is 11.2. The second kappa shape index (κ2) is 13.2. The Morgan fingerprint density at radius 3 is 2.57 bits per heavy atom. The van der Waals surface area contributed by atoms with Crippen LogP contribution >= 0.6 is 24.0 Å². The minimum Gasteiger partial charge on any atom is -0.466 e. The highest BCUT2D eigenvalue weighted by atomic mass is 127. The fraction of sp³-hybridized carbons (Fsp3) is 0.867. The quantitative estimate of drug-likeness (QED) is 0.222. The number of carbonyl (C=O) groups excluding carboxylic acids is 1. The van der Waals surface area contributed by atoms with Gasteiger partial charge in [0.1, 0.15) is 0 Å². The van der Waals surface area contributed by atoms with E-state index in [1.807, 2.05) is 6.92 Å². The molecule has 2 N–H and O–H groups in total. The first-order valence-electron chi connectivity index (χ1n) is 7.96. The van der Waals surface area contributed by atoms with Crippen LogP contribution in [-0.2, 0) is 9.53 Å². The van der Waals surface area contributed by atoms with Crippen molar-refractivity contribution in [2.24, 2.45) is 4.99 Å². The Kier molecular flexibility index (Phi) is 12.8. The van der Waals surface area contributed by atoms with Crippen molar-refractivity contribution in [2.45, 2.75) is 64.8 Å². The van der Waals surface area contributed by atoms with Crippen molar-refractivity contribution in [3.8, 4) is 0 Å². The summed E-state index contributed by atoms with van der Waals surface area (Å²) in [5, 5.41) is 6.76. The molecular weight excluding hydrogens is 381 g/mol. The van der Waals surface area contributed by atoms with Crippen LogP contribution in [0.1, 0.15) is 58.8 Å². The molecule has 0 aliphatic heterocycles. The monoisotopic (exact) mass is 411 g/mol. The van der Waals surface area contributed by atoms with Gasteiger partial charge in [-0.15, -0.1) is 24.0 Å². The summed E-state index contributed by atoms with van der Waals surface area (Å²) < 4.78 is 4.90. The van der Waals surface area contributed by atoms with Crippen molar-refractivity contribution in [3.63, 3.8) is 0 Å². The number of nitrogens with zero attached hydrogens (tertiary/aromatic N) is 1. The van der Waals surface area contributed by atoms with Crippen molar-refractivity contribution < 1.29 is 9.53 Å². The van der Waals surface area contributed by atoms with Crippen LogP contribution in [0.2, 0.25) is 0 Å². The van der Waals surface area contributed by atoms with Gasteiger partial charge in [0.05, 0.1) is 6.61 Å². The van der Waals surface area contributed by atoms with E-state index < -0.39 is 0 Å². The molecule has 124 valence electrons. The van der Waals surface area contributed by atoms with E-state index in [0.717, 1.165) is 18.9 Å². The van der Waals surface area contributed by atoms with Gasteiger partial charge in [0.25, 0.3) is 0 Å². The number of rotatable bonds is 7. The number of guanidine groups is 1. The number of halogens is 1. The minimum absolute atomic E-state index is 0. The lowest BCUT2D eigenvalue weighted by molar-refractivity contribution is -0.143. The zero-order chi connectivity index (χ0) is 14.6. The lowest BCUT2D eigenvalue weighted by atomic mass is 9.96. The molecule has 1 rings (SSSR count). The highest BCUT2D eigenvalue weighted by Gasteiger charge is 2.14. The fourth-order valence-corrected chi connectivity index (χ4v) is 2.41. The maximum atomic E-state index is 11.2. The van der Waals surface area contributed by atoms with E-state index in [1.165, 1.54) is 32.1 Å². The standard InChI is InChI=1S/C15H29N3O2.HI/c1-3-16-15(18-13-9-6-5-7-10-13)17-12-8-11-14(19)20-4-2;/h13H,3-12H2,1-2H3,(H2,16,17,18);1H. The average molecular weight is 411 g/mol. The Hall–Kier alpha value is -0.530. The number of nitrogens with one attached hydrogen (secondary N) is 2. The van der Waals surface area contributed by atoms with Crippen LogP contribution in [0, 0.1) is 0 Å². The van der Waals surface area contributed by atoms with Crippen molar-refractivity contribution in [3.05, 3.63) is 0 Å². The second-order valence-corrected chi connectivity index (χ2v) is 5.15. The number of ether oxygens (including phenoxy) is 1. The molecule has 21 heavy (non-hydrogen) atoms. The molecule has 1 aliphatic rings. The summed E-state index contributed by atoms with van der Waals surface area (Å²) in [4.78, 5) is 15.8. The van der Waals surface area contributed by atoms with Gasteiger partial charge in [-0.3, -0.25) is 9.79 Å². The molecule has 0 aromatic rings. The third kappa shape index (κ3) is 9.92. The Bertz CT molecular complexity index is 305. The molecule has 0 heterocycles. The zero-order valence-corrected chi connectivity index (χ0v) is 15.7. The molecule has 1 saturated carbocycles. The van der Waals surface area contributed by atoms with Gasteiger partial charge in [-0.05, 0) is 33.1 Å². The maximum Gasteiger partial charge on any atom is 0.305 e. The normalized spacial score (nSPS) is 16.0. The Balaban J connectivity index is 0.00000400. The van der Waals surface area contributed by atoms with Gasteiger partial charge in [-0.1, -0.05) is 19.3 Å². The van der Waals surface area contributed by atoms with Crippen LogP contribution in [0.5, 0.6) is 0 Å². The summed E-state index contributed by atoms with van der Waals surface area (Å²) >= 11 is 0. The van der Waals surface area contributed by atoms with Crippen LogP contribution in [0.4, 0.5) is 0 Å². The molecule has 0 amide bonds. The summed E-state index contributed by atoms with van der Waals surface area (Å²) in [7, 11) is 0. The zero-order valence-electron chi connectivity index (χ0n) is 13.3. The van der Waals surface area contributed by atoms with Crippen molar-refractivity contribution >= 4 is 35.9 Å². The molecule has 6 heteroatoms. The van der Waals surface area contributed by atoms with Gasteiger partial charge in [-0.25, -0.2) is 0 Å². The van der Waals surface area contributed by atoms with E-state index in [0.29, 0.717) is 25.6 Å². The number of carbonyl (C=O) groups is 1. The molecule has 0 aromatic heterocycles. The molecule has 0 atom stereocenters. The first-order chi connectivity index (χ1) is 9.76. The van der Waals surface area contributed by atoms with Crippen LogP contribution in [0.15, 0.2) is 4.99 Å². The summed E-state index contributed by atoms with van der Waals surface area (Å²) in [6, 6.07) is 0.548. The Morgan fingerprint density at radius 2 is 1.95 bits per heavy atom. The van der Waals surface area contributed by atoms with Crippen LogP contribution in [-0.4, -0.2) is 37.7 Å². The van der Waals surface area contributed by atoms with E-state index in [-0.39, 0.29) is 29.9 Å². The first kappa shape index (κ1) is 20.5. The van der Waals surface area contributed by atoms with Crippen molar-refractivity contribution in [1.29, 1.82) is 0 Å². The van der Waals surface area contributed by atoms with Crippen molar-refractivity contribution in [1.82, 2.24) is 10.6 Å². The first-order valence-corrected chi connectivity index (χ1v) is 7.96. The summed E-state index contributed by atoms with van der Waals surface area (Å²) in [5.41, 5.74) is 0. The minimum atomic E-state index is -0.132. The highest BCUT2D eigenvalue weighted by Crippen LogP contribution is 2.17. The smallest absolute Gasteiger partial charge is 0.305 e. The summed E-state index contributed by atoms with van der Waals surface area (Å²) in [6.07, 6.45) is 7.60. The third-order valence-electron chi connectivity index (χ3n) is 3.40. The second-order valence-electron chi connectivity index (χ2n) is 5.15. The third-order valence-corrected chi connectivity index (χ3v) is 3.40. The molecule has 0 saturated heterocycles. The largest absolute Gasteiger partial charge is 0.466 e. The van der Waals surface area contributed by atoms with Gasteiger partial charge >= 0.3 is 5.97 Å². The van der Waals surface area contributed by atoms with Gasteiger partial charge in [-0.2, -0.15) is 0 Å². The van der Waals surface area contributed by atoms with Crippen LogP contribution < -0.4 is 10.6 Å². The lowest BCUT2D eigenvalue weighted by Crippen LogP contribution is -2.44. The van der Waals surface area contributed by atoms with Gasteiger partial charge in [0.2, 0.25) is 0 Å². The summed E-state index contributed by atoms with van der Waals surface area (Å²) in [6.45, 7) is 5.86. The molecule has 5 nitrogen and oxygen atoms in total. The fourth-order valence-electron chi connectivity index (χ4n) is 2.41. The molecular formula is C15H30IN3O2. The predicted molar refractivity (Wildman–Crippen MR) is 97.3 cm³/mol. The molecule has 0 aromatic carbocycles. The van der Waals surface area contributed by atoms with Gasteiger partial charge in [0, 0.05) is 25.6 Å².